The van der Waals surface area contributed by atoms with E-state index in [1.807, 2.05) is 56.3 Å². The Morgan fingerprint density at radius 2 is 1.93 bits per heavy atom. The number of hydrogen-bond donors (Lipinski definition) is 1. The summed E-state index contributed by atoms with van der Waals surface area (Å²) in [4.78, 5) is 20.2. The first-order valence-electron chi connectivity index (χ1n) is 8.53. The number of ether oxygens (including phenoxy) is 2. The lowest BCUT2D eigenvalue weighted by Gasteiger charge is -2.13. The topological polar surface area (TPSA) is 73.3 Å². The molecule has 6 nitrogen and oxygen atoms in total. The van der Waals surface area contributed by atoms with Crippen LogP contribution in [0.15, 0.2) is 54.7 Å². The van der Waals surface area contributed by atoms with Crippen LogP contribution in [0.4, 0.5) is 10.5 Å². The highest BCUT2D eigenvalue weighted by Crippen LogP contribution is 2.26. The average Bonchev–Trinajstić information content (AvgIpc) is 2.68. The van der Waals surface area contributed by atoms with Crippen LogP contribution in [0.5, 0.6) is 5.75 Å². The third kappa shape index (κ3) is 4.61. The smallest absolute Gasteiger partial charge is 0.411 e. The van der Waals surface area contributed by atoms with Crippen LogP contribution in [0.25, 0.3) is 11.4 Å². The van der Waals surface area contributed by atoms with Crippen molar-refractivity contribution >= 4 is 11.8 Å². The molecule has 0 aliphatic rings. The molecule has 0 aliphatic carbocycles. The van der Waals surface area contributed by atoms with Crippen LogP contribution >= 0.6 is 0 Å². The number of aryl methyl sites for hydroxylation is 2. The zero-order valence-electron chi connectivity index (χ0n) is 15.5. The number of methoxy groups -OCH3 is 1. The molecule has 0 aliphatic heterocycles. The fourth-order valence-corrected chi connectivity index (χ4v) is 2.62. The third-order valence-electron chi connectivity index (χ3n) is 4.05. The van der Waals surface area contributed by atoms with Gasteiger partial charge in [-0.2, -0.15) is 0 Å². The normalized spacial score (nSPS) is 10.3. The van der Waals surface area contributed by atoms with E-state index in [0.717, 1.165) is 28.1 Å². The summed E-state index contributed by atoms with van der Waals surface area (Å²) in [6.45, 7) is 4.24. The lowest BCUT2D eigenvalue weighted by atomic mass is 10.1. The average molecular weight is 363 g/mol. The Morgan fingerprint density at radius 3 is 2.67 bits per heavy atom. The minimum atomic E-state index is -0.513. The van der Waals surface area contributed by atoms with Gasteiger partial charge < -0.3 is 9.47 Å². The number of nitrogens with one attached hydrogen (secondary N) is 1. The van der Waals surface area contributed by atoms with E-state index in [1.54, 1.807) is 12.3 Å². The molecule has 3 rings (SSSR count). The molecule has 138 valence electrons. The number of aromatic nitrogens is 2. The van der Waals surface area contributed by atoms with Gasteiger partial charge in [-0.05, 0) is 49.7 Å². The molecular formula is C21H21N3O3. The molecule has 3 aromatic rings. The summed E-state index contributed by atoms with van der Waals surface area (Å²) in [5, 5.41) is 2.69. The number of carbonyl (C=O) groups excluding carboxylic acids is 1. The Balaban J connectivity index is 1.75. The zero-order chi connectivity index (χ0) is 19.2. The molecule has 0 bridgehead atoms. The Bertz CT molecular complexity index is 957. The van der Waals surface area contributed by atoms with Crippen LogP contribution in [-0.2, 0) is 11.3 Å². The summed E-state index contributed by atoms with van der Waals surface area (Å²) in [6, 6.07) is 15.2. The molecule has 1 heterocycles. The molecule has 1 aromatic heterocycles. The van der Waals surface area contributed by atoms with Crippen molar-refractivity contribution in [2.75, 3.05) is 12.4 Å². The summed E-state index contributed by atoms with van der Waals surface area (Å²) in [6.07, 6.45) is 1.24. The summed E-state index contributed by atoms with van der Waals surface area (Å²) in [5.41, 5.74) is 4.36. The van der Waals surface area contributed by atoms with Crippen molar-refractivity contribution in [3.8, 4) is 17.1 Å². The predicted octanol–water partition coefficient (Wildman–Crippen LogP) is 4.52. The molecule has 0 fully saturated rings. The van der Waals surface area contributed by atoms with E-state index in [4.69, 9.17) is 4.74 Å². The lowest BCUT2D eigenvalue weighted by Crippen LogP contribution is -2.13. The highest BCUT2D eigenvalue weighted by Gasteiger charge is 2.09. The number of anilines is 1. The molecule has 0 saturated heterocycles. The maximum atomic E-state index is 11.5. The monoisotopic (exact) mass is 363 g/mol. The highest BCUT2D eigenvalue weighted by molar-refractivity contribution is 5.85. The Labute approximate surface area is 158 Å². The number of hydrogen-bond acceptors (Lipinski definition) is 5. The van der Waals surface area contributed by atoms with E-state index in [2.05, 4.69) is 20.0 Å². The highest BCUT2D eigenvalue weighted by atomic mass is 16.5. The molecule has 0 radical (unpaired) electrons. The van der Waals surface area contributed by atoms with E-state index in [1.165, 1.54) is 7.11 Å². The SMILES string of the molecule is COC(=O)Nc1ccccc1COc1ccc(-c2nccc(C)n2)cc1C. The minimum absolute atomic E-state index is 0.321. The first kappa shape index (κ1) is 18.4. The van der Waals surface area contributed by atoms with Crippen molar-refractivity contribution in [2.24, 2.45) is 0 Å². The summed E-state index contributed by atoms with van der Waals surface area (Å²) in [7, 11) is 1.33. The van der Waals surface area contributed by atoms with Crippen molar-refractivity contribution in [1.82, 2.24) is 9.97 Å². The van der Waals surface area contributed by atoms with Gasteiger partial charge >= 0.3 is 6.09 Å². The van der Waals surface area contributed by atoms with Gasteiger partial charge in [-0.25, -0.2) is 14.8 Å². The van der Waals surface area contributed by atoms with E-state index < -0.39 is 6.09 Å². The van der Waals surface area contributed by atoms with Crippen molar-refractivity contribution in [3.63, 3.8) is 0 Å². The van der Waals surface area contributed by atoms with E-state index >= 15 is 0 Å². The summed E-state index contributed by atoms with van der Waals surface area (Å²) >= 11 is 0. The Kier molecular flexibility index (Phi) is 5.66. The van der Waals surface area contributed by atoms with Crippen molar-refractivity contribution in [2.45, 2.75) is 20.5 Å². The Morgan fingerprint density at radius 1 is 1.11 bits per heavy atom. The van der Waals surface area contributed by atoms with E-state index in [0.29, 0.717) is 18.1 Å². The minimum Gasteiger partial charge on any atom is -0.489 e. The predicted molar refractivity (Wildman–Crippen MR) is 104 cm³/mol. The standard InChI is InChI=1S/C21H21N3O3/c1-14-12-16(20-22-11-10-15(2)23-20)8-9-19(14)27-13-17-6-4-5-7-18(17)24-21(25)26-3/h4-12H,13H2,1-3H3,(H,24,25). The number of amides is 1. The second-order valence-corrected chi connectivity index (χ2v) is 6.06. The number of para-hydroxylation sites is 1. The van der Waals surface area contributed by atoms with Gasteiger partial charge in [0.2, 0.25) is 0 Å². The first-order valence-corrected chi connectivity index (χ1v) is 8.53. The molecule has 0 atom stereocenters. The molecule has 1 N–H and O–H groups in total. The molecule has 0 spiro atoms. The number of nitrogens with zero attached hydrogens (tertiary/aromatic N) is 2. The van der Waals surface area contributed by atoms with Crippen molar-refractivity contribution in [1.29, 1.82) is 0 Å². The van der Waals surface area contributed by atoms with Crippen molar-refractivity contribution in [3.05, 3.63) is 71.5 Å². The van der Waals surface area contributed by atoms with E-state index in [9.17, 15) is 4.79 Å². The molecule has 27 heavy (non-hydrogen) atoms. The lowest BCUT2D eigenvalue weighted by molar-refractivity contribution is 0.187. The van der Waals surface area contributed by atoms with Crippen LogP contribution in [0.1, 0.15) is 16.8 Å². The Hall–Kier alpha value is -3.41. The first-order chi connectivity index (χ1) is 13.1. The second kappa shape index (κ2) is 8.31. The second-order valence-electron chi connectivity index (χ2n) is 6.06. The fraction of sp³-hybridized carbons (Fsp3) is 0.190. The number of benzene rings is 2. The molecule has 1 amide bonds. The van der Waals surface area contributed by atoms with Gasteiger partial charge in [0.1, 0.15) is 12.4 Å². The van der Waals surface area contributed by atoms with Crippen LogP contribution in [-0.4, -0.2) is 23.2 Å². The van der Waals surface area contributed by atoms with Gasteiger partial charge in [0.15, 0.2) is 5.82 Å². The van der Waals surface area contributed by atoms with Crippen LogP contribution < -0.4 is 10.1 Å². The molecule has 2 aromatic carbocycles. The number of rotatable bonds is 5. The maximum Gasteiger partial charge on any atom is 0.411 e. The van der Waals surface area contributed by atoms with Crippen LogP contribution in [0.2, 0.25) is 0 Å². The van der Waals surface area contributed by atoms with E-state index in [-0.39, 0.29) is 0 Å². The molecule has 6 heteroatoms. The summed E-state index contributed by atoms with van der Waals surface area (Å²) in [5.74, 6) is 1.46. The van der Waals surface area contributed by atoms with Gasteiger partial charge in [-0.15, -0.1) is 0 Å². The summed E-state index contributed by atoms with van der Waals surface area (Å²) < 4.78 is 10.6. The van der Waals surface area contributed by atoms with Gasteiger partial charge in [-0.3, -0.25) is 5.32 Å². The van der Waals surface area contributed by atoms with Crippen LogP contribution in [0.3, 0.4) is 0 Å². The van der Waals surface area contributed by atoms with Gasteiger partial charge in [0.25, 0.3) is 0 Å². The van der Waals surface area contributed by atoms with Crippen LogP contribution in [0, 0.1) is 13.8 Å². The van der Waals surface area contributed by atoms with Gasteiger partial charge in [-0.1, -0.05) is 18.2 Å². The quantitative estimate of drug-likeness (QED) is 0.721. The molecule has 0 unspecified atom stereocenters. The van der Waals surface area contributed by atoms with Gasteiger partial charge in [0.05, 0.1) is 12.8 Å². The number of carbonyl (C=O) groups is 1. The zero-order valence-corrected chi connectivity index (χ0v) is 15.5. The third-order valence-corrected chi connectivity index (χ3v) is 4.05. The molecule has 0 saturated carbocycles. The largest absolute Gasteiger partial charge is 0.489 e. The van der Waals surface area contributed by atoms with Gasteiger partial charge in [0, 0.05) is 23.0 Å². The van der Waals surface area contributed by atoms with Crippen molar-refractivity contribution < 1.29 is 14.3 Å². The maximum absolute atomic E-state index is 11.5. The molecular weight excluding hydrogens is 342 g/mol. The fourth-order valence-electron chi connectivity index (χ4n) is 2.62.